The standard InChI is InChI=1S/C10H14N2O5S2/c11-19(16,17)10-3-1-8(2-4-10)12-6-5-9(13)7-18(12,14)15/h1-4,9,13H,5-7H2,(H2,11,16,17)/i1+1,2+1,3+1,4+1,8+1,10+1. The van der Waals surface area contributed by atoms with E-state index in [0.717, 1.165) is 4.31 Å². The van der Waals surface area contributed by atoms with Gasteiger partial charge in [0.1, 0.15) is 0 Å². The molecule has 106 valence electrons. The van der Waals surface area contributed by atoms with Crippen LogP contribution in [0.1, 0.15) is 6.42 Å². The van der Waals surface area contributed by atoms with Gasteiger partial charge in [0.15, 0.2) is 0 Å². The number of hydrogen-bond acceptors (Lipinski definition) is 5. The molecule has 1 aromatic carbocycles. The lowest BCUT2D eigenvalue weighted by atomic mass is 10.3. The smallest absolute Gasteiger partial charge is 0.238 e. The minimum atomic E-state index is -3.80. The zero-order valence-electron chi connectivity index (χ0n) is 9.93. The summed E-state index contributed by atoms with van der Waals surface area (Å²) in [5.74, 6) is -0.329. The topological polar surface area (TPSA) is 118 Å². The second-order valence-electron chi connectivity index (χ2n) is 4.33. The Morgan fingerprint density at radius 3 is 2.32 bits per heavy atom. The number of sulfonamides is 2. The molecule has 9 heteroatoms. The van der Waals surface area contributed by atoms with Crippen LogP contribution in [0.25, 0.3) is 0 Å². The average Bonchev–Trinajstić information content (AvgIpc) is 2.26. The van der Waals surface area contributed by atoms with E-state index in [0.29, 0.717) is 12.1 Å². The maximum absolute atomic E-state index is 11.9. The van der Waals surface area contributed by atoms with Gasteiger partial charge in [-0.2, -0.15) is 0 Å². The summed E-state index contributed by atoms with van der Waals surface area (Å²) in [6.45, 7) is 0.165. The Morgan fingerprint density at radius 2 is 1.84 bits per heavy atom. The molecule has 1 aliphatic rings. The molecule has 0 amide bonds. The maximum Gasteiger partial charge on any atom is 0.238 e. The normalized spacial score (nSPS) is 23.3. The van der Waals surface area contributed by atoms with Crippen LogP contribution in [0, 0.1) is 0 Å². The number of hydrogen-bond donors (Lipinski definition) is 2. The fourth-order valence-corrected chi connectivity index (χ4v) is 4.09. The van der Waals surface area contributed by atoms with Crippen molar-refractivity contribution in [1.29, 1.82) is 0 Å². The molecule has 1 aromatic rings. The van der Waals surface area contributed by atoms with Gasteiger partial charge in [0, 0.05) is 6.54 Å². The summed E-state index contributed by atoms with van der Waals surface area (Å²) in [4.78, 5) is -0.0781. The average molecular weight is 312 g/mol. The quantitative estimate of drug-likeness (QED) is 0.744. The van der Waals surface area contributed by atoms with Crippen molar-refractivity contribution in [2.45, 2.75) is 17.4 Å². The van der Waals surface area contributed by atoms with E-state index < -0.39 is 26.2 Å². The number of nitrogens with zero attached hydrogens (tertiary/aromatic N) is 1. The van der Waals surface area contributed by atoms with E-state index in [-0.39, 0.29) is 17.2 Å². The molecule has 2 rings (SSSR count). The van der Waals surface area contributed by atoms with Crippen LogP contribution in [0.15, 0.2) is 29.2 Å². The van der Waals surface area contributed by atoms with Crippen LogP contribution in [0.5, 0.6) is 0 Å². The number of primary sulfonamides is 1. The van der Waals surface area contributed by atoms with E-state index in [1.165, 1.54) is 24.3 Å². The highest BCUT2D eigenvalue weighted by molar-refractivity contribution is 7.92. The Kier molecular flexibility index (Phi) is 3.56. The fraction of sp³-hybridized carbons (Fsp3) is 0.400. The van der Waals surface area contributed by atoms with Crippen molar-refractivity contribution < 1.29 is 21.9 Å². The van der Waals surface area contributed by atoms with Crippen molar-refractivity contribution >= 4 is 25.7 Å². The summed E-state index contributed by atoms with van der Waals surface area (Å²) < 4.78 is 47.2. The number of aliphatic hydroxyl groups excluding tert-OH is 1. The van der Waals surface area contributed by atoms with Gasteiger partial charge in [-0.15, -0.1) is 0 Å². The summed E-state index contributed by atoms with van der Waals surface area (Å²) in [6, 6.07) is 5.28. The number of anilines is 1. The number of rotatable bonds is 2. The van der Waals surface area contributed by atoms with Crippen molar-refractivity contribution in [3.63, 3.8) is 0 Å². The van der Waals surface area contributed by atoms with Crippen LogP contribution in [-0.2, 0) is 20.0 Å². The fourth-order valence-electron chi connectivity index (χ4n) is 1.91. The molecule has 0 radical (unpaired) electrons. The first kappa shape index (κ1) is 14.3. The Balaban J connectivity index is 2.33. The molecule has 1 unspecified atom stereocenters. The number of aliphatic hydroxyl groups is 1. The monoisotopic (exact) mass is 312 g/mol. The Bertz CT molecular complexity index is 666. The molecule has 1 fully saturated rings. The van der Waals surface area contributed by atoms with E-state index in [2.05, 4.69) is 0 Å². The largest absolute Gasteiger partial charge is 0.392 e. The molecular weight excluding hydrogens is 298 g/mol. The van der Waals surface area contributed by atoms with Gasteiger partial charge in [0.2, 0.25) is 20.0 Å². The van der Waals surface area contributed by atoms with Crippen LogP contribution in [0.2, 0.25) is 0 Å². The summed E-state index contributed by atoms with van der Waals surface area (Å²) in [6.07, 6.45) is -0.513. The molecule has 1 saturated heterocycles. The van der Waals surface area contributed by atoms with Crippen LogP contribution < -0.4 is 9.44 Å². The van der Waals surface area contributed by atoms with Crippen molar-refractivity contribution in [3.05, 3.63) is 24.3 Å². The third-order valence-electron chi connectivity index (χ3n) is 2.86. The molecule has 1 heterocycles. The van der Waals surface area contributed by atoms with E-state index in [4.69, 9.17) is 5.14 Å². The van der Waals surface area contributed by atoms with Crippen LogP contribution in [-0.4, -0.2) is 40.3 Å². The van der Waals surface area contributed by atoms with Crippen molar-refractivity contribution in [3.8, 4) is 0 Å². The molecule has 1 aliphatic heterocycles. The summed E-state index contributed by atoms with van der Waals surface area (Å²) in [5.41, 5.74) is 0.360. The SMILES string of the molecule is NS(=O)(=O)[13c]1[13cH][13cH][13c](N2CCC(O)CS2(=O)=O)[13cH][13cH]1. The lowest BCUT2D eigenvalue weighted by Crippen LogP contribution is -2.44. The Labute approximate surface area is 111 Å². The first-order valence-electron chi connectivity index (χ1n) is 5.51. The molecule has 0 saturated carbocycles. The van der Waals surface area contributed by atoms with E-state index in [9.17, 15) is 21.9 Å². The van der Waals surface area contributed by atoms with Gasteiger partial charge in [-0.3, -0.25) is 4.31 Å². The van der Waals surface area contributed by atoms with E-state index in [1.807, 2.05) is 0 Å². The second kappa shape index (κ2) is 4.75. The van der Waals surface area contributed by atoms with Crippen LogP contribution >= 0.6 is 0 Å². The van der Waals surface area contributed by atoms with Gasteiger partial charge in [0.05, 0.1) is 22.4 Å². The molecule has 1 atom stereocenters. The second-order valence-corrected chi connectivity index (χ2v) is 7.83. The van der Waals surface area contributed by atoms with Gasteiger partial charge in [0.25, 0.3) is 0 Å². The Hall–Kier alpha value is -1.16. The number of nitrogens with two attached hydrogens (primary N) is 1. The zero-order chi connectivity index (χ0) is 14.3. The molecular formula is C10H14N2O5S2. The van der Waals surface area contributed by atoms with Gasteiger partial charge in [-0.25, -0.2) is 22.0 Å². The van der Waals surface area contributed by atoms with Gasteiger partial charge >= 0.3 is 0 Å². The minimum absolute atomic E-state index is 0.0781. The van der Waals surface area contributed by atoms with Crippen molar-refractivity contribution in [2.24, 2.45) is 5.14 Å². The van der Waals surface area contributed by atoms with E-state index >= 15 is 0 Å². The number of benzene rings is 1. The summed E-state index contributed by atoms with van der Waals surface area (Å²) >= 11 is 0. The molecule has 19 heavy (non-hydrogen) atoms. The molecule has 0 aliphatic carbocycles. The summed E-state index contributed by atoms with van der Waals surface area (Å²) in [5, 5.41) is 14.3. The third-order valence-corrected chi connectivity index (χ3v) is 5.66. The predicted octanol–water partition coefficient (Wildman–Crippen LogP) is -0.765. The first-order valence-corrected chi connectivity index (χ1v) is 8.67. The highest BCUT2D eigenvalue weighted by Gasteiger charge is 2.31. The molecule has 3 N–H and O–H groups in total. The van der Waals surface area contributed by atoms with Crippen LogP contribution in [0.4, 0.5) is 5.69 Å². The lowest BCUT2D eigenvalue weighted by molar-refractivity contribution is 0.185. The van der Waals surface area contributed by atoms with Gasteiger partial charge in [-0.1, -0.05) is 0 Å². The van der Waals surface area contributed by atoms with E-state index in [1.54, 1.807) is 0 Å². The Morgan fingerprint density at radius 1 is 1.26 bits per heavy atom. The zero-order valence-corrected chi connectivity index (χ0v) is 11.6. The highest BCUT2D eigenvalue weighted by Crippen LogP contribution is 2.24. The first-order chi connectivity index (χ1) is 8.70. The molecule has 0 bridgehead atoms. The summed E-state index contributed by atoms with van der Waals surface area (Å²) in [7, 11) is -7.37. The third kappa shape index (κ3) is 3.06. The van der Waals surface area contributed by atoms with Gasteiger partial charge < -0.3 is 5.11 Å². The van der Waals surface area contributed by atoms with Gasteiger partial charge in [-0.05, 0) is 30.7 Å². The minimum Gasteiger partial charge on any atom is -0.392 e. The highest BCUT2D eigenvalue weighted by atomic mass is 32.2. The lowest BCUT2D eigenvalue weighted by Gasteiger charge is -2.30. The maximum atomic E-state index is 11.9. The molecule has 0 aromatic heterocycles. The molecule has 7 nitrogen and oxygen atoms in total. The molecule has 0 spiro atoms. The van der Waals surface area contributed by atoms with Crippen molar-refractivity contribution in [1.82, 2.24) is 0 Å². The van der Waals surface area contributed by atoms with Crippen LogP contribution in [0.3, 0.4) is 0 Å². The van der Waals surface area contributed by atoms with Crippen molar-refractivity contribution in [2.75, 3.05) is 16.6 Å². The predicted molar refractivity (Wildman–Crippen MR) is 69.6 cm³/mol.